The van der Waals surface area contributed by atoms with Crippen molar-refractivity contribution in [2.24, 2.45) is 0 Å². The average Bonchev–Trinajstić information content (AvgIpc) is 2.51. The van der Waals surface area contributed by atoms with E-state index in [4.69, 9.17) is 4.74 Å². The van der Waals surface area contributed by atoms with E-state index < -0.39 is 0 Å². The maximum absolute atomic E-state index is 13.0. The van der Waals surface area contributed by atoms with Gasteiger partial charge in [0.15, 0.2) is 0 Å². The van der Waals surface area contributed by atoms with Gasteiger partial charge in [0.25, 0.3) is 0 Å². The fourth-order valence-corrected chi connectivity index (χ4v) is 3.40. The predicted molar refractivity (Wildman–Crippen MR) is 92.5 cm³/mol. The Morgan fingerprint density at radius 1 is 0.870 bits per heavy atom. The molecule has 2 heteroatoms. The van der Waals surface area contributed by atoms with E-state index in [0.717, 1.165) is 11.3 Å². The number of halogens is 1. The quantitative estimate of drug-likeness (QED) is 0.700. The molecule has 0 heterocycles. The molecule has 0 unspecified atom stereocenters. The number of rotatable bonds is 3. The first-order valence-corrected chi connectivity index (χ1v) is 8.30. The van der Waals surface area contributed by atoms with Crippen molar-refractivity contribution in [3.8, 4) is 5.75 Å². The molecule has 1 aliphatic rings. The first kappa shape index (κ1) is 16.0. The summed E-state index contributed by atoms with van der Waals surface area (Å²) in [6.07, 6.45) is 2.40. The van der Waals surface area contributed by atoms with E-state index >= 15 is 0 Å². The highest BCUT2D eigenvalue weighted by atomic mass is 19.1. The summed E-state index contributed by atoms with van der Waals surface area (Å²) in [6, 6.07) is 12.9. The van der Waals surface area contributed by atoms with Crippen LogP contribution in [0.3, 0.4) is 0 Å². The van der Waals surface area contributed by atoms with Crippen LogP contribution in [0.2, 0.25) is 0 Å². The Bertz CT molecular complexity index is 698. The van der Waals surface area contributed by atoms with Crippen LogP contribution in [0.15, 0.2) is 42.5 Å². The highest BCUT2D eigenvalue weighted by Crippen LogP contribution is 2.46. The van der Waals surface area contributed by atoms with Crippen LogP contribution in [0.4, 0.5) is 4.39 Å². The molecular weight excluding hydrogens is 287 g/mol. The van der Waals surface area contributed by atoms with Crippen LogP contribution in [0.25, 0.3) is 0 Å². The van der Waals surface area contributed by atoms with Gasteiger partial charge in [-0.15, -0.1) is 0 Å². The lowest BCUT2D eigenvalue weighted by Crippen LogP contribution is -2.33. The zero-order chi connectivity index (χ0) is 16.7. The molecule has 0 aromatic heterocycles. The number of fused-ring (bicyclic) bond motifs is 1. The summed E-state index contributed by atoms with van der Waals surface area (Å²) >= 11 is 0. The third kappa shape index (κ3) is 3.26. The van der Waals surface area contributed by atoms with Gasteiger partial charge < -0.3 is 4.74 Å². The number of ether oxygens (including phenoxy) is 1. The van der Waals surface area contributed by atoms with E-state index in [1.165, 1.54) is 36.1 Å². The minimum Gasteiger partial charge on any atom is -0.489 e. The maximum Gasteiger partial charge on any atom is 0.123 e. The molecule has 0 atom stereocenters. The van der Waals surface area contributed by atoms with Crippen LogP contribution in [0, 0.1) is 5.82 Å². The molecule has 122 valence electrons. The molecule has 0 saturated heterocycles. The predicted octanol–water partition coefficient (Wildman–Crippen LogP) is 5.75. The normalized spacial score (nSPS) is 18.3. The molecule has 1 aliphatic carbocycles. The van der Waals surface area contributed by atoms with Crippen LogP contribution in [-0.4, -0.2) is 0 Å². The Balaban J connectivity index is 1.84. The van der Waals surface area contributed by atoms with Gasteiger partial charge in [0.2, 0.25) is 0 Å². The molecular formula is C21H25FO. The van der Waals surface area contributed by atoms with Gasteiger partial charge in [-0.3, -0.25) is 0 Å². The van der Waals surface area contributed by atoms with E-state index in [-0.39, 0.29) is 16.6 Å². The minimum absolute atomic E-state index is 0.181. The summed E-state index contributed by atoms with van der Waals surface area (Å²) in [6.45, 7) is 9.72. The average molecular weight is 312 g/mol. The number of hydrogen-bond donors (Lipinski definition) is 0. The van der Waals surface area contributed by atoms with Crippen molar-refractivity contribution < 1.29 is 9.13 Å². The second kappa shape index (κ2) is 5.67. The third-order valence-electron chi connectivity index (χ3n) is 5.14. The molecule has 0 amide bonds. The molecule has 3 rings (SSSR count). The molecule has 0 aliphatic heterocycles. The summed E-state index contributed by atoms with van der Waals surface area (Å²) in [4.78, 5) is 0. The van der Waals surface area contributed by atoms with E-state index in [9.17, 15) is 4.39 Å². The smallest absolute Gasteiger partial charge is 0.123 e. The fraction of sp³-hybridized carbons (Fsp3) is 0.429. The van der Waals surface area contributed by atoms with Crippen molar-refractivity contribution in [1.82, 2.24) is 0 Å². The van der Waals surface area contributed by atoms with Gasteiger partial charge in [0.1, 0.15) is 18.2 Å². The monoisotopic (exact) mass is 312 g/mol. The minimum atomic E-state index is -0.216. The largest absolute Gasteiger partial charge is 0.489 e. The number of benzene rings is 2. The molecule has 0 fully saturated rings. The molecule has 1 nitrogen and oxygen atoms in total. The van der Waals surface area contributed by atoms with E-state index in [1.54, 1.807) is 12.1 Å². The van der Waals surface area contributed by atoms with Gasteiger partial charge in [-0.2, -0.15) is 0 Å². The fourth-order valence-electron chi connectivity index (χ4n) is 3.40. The Labute approximate surface area is 138 Å². The summed E-state index contributed by atoms with van der Waals surface area (Å²) < 4.78 is 18.9. The van der Waals surface area contributed by atoms with Crippen molar-refractivity contribution in [1.29, 1.82) is 0 Å². The first-order valence-electron chi connectivity index (χ1n) is 8.30. The Hall–Kier alpha value is -1.83. The molecule has 0 bridgehead atoms. The lowest BCUT2D eigenvalue weighted by molar-refractivity contribution is 0.298. The van der Waals surface area contributed by atoms with Gasteiger partial charge in [-0.05, 0) is 64.6 Å². The van der Waals surface area contributed by atoms with E-state index in [0.29, 0.717) is 6.61 Å². The standard InChI is InChI=1S/C21H25FO/c1-20(2)11-12-21(3,4)19-13-17(9-10-18(19)20)23-14-15-5-7-16(22)8-6-15/h5-10,13H,11-12,14H2,1-4H3. The van der Waals surface area contributed by atoms with Crippen LogP contribution in [0.1, 0.15) is 57.2 Å². The zero-order valence-corrected chi connectivity index (χ0v) is 14.4. The van der Waals surface area contributed by atoms with Gasteiger partial charge >= 0.3 is 0 Å². The van der Waals surface area contributed by atoms with Crippen LogP contribution in [-0.2, 0) is 17.4 Å². The molecule has 2 aromatic rings. The summed E-state index contributed by atoms with van der Waals surface area (Å²) in [5.41, 5.74) is 4.21. The lowest BCUT2D eigenvalue weighted by atomic mass is 9.63. The maximum atomic E-state index is 13.0. The SMILES string of the molecule is CC1(C)CCC(C)(C)c2cc(OCc3ccc(F)cc3)ccc21. The van der Waals surface area contributed by atoms with Crippen LogP contribution in [0.5, 0.6) is 5.75 Å². The van der Waals surface area contributed by atoms with Crippen LogP contribution >= 0.6 is 0 Å². The van der Waals surface area contributed by atoms with Crippen molar-refractivity contribution in [2.45, 2.75) is 58.0 Å². The molecule has 23 heavy (non-hydrogen) atoms. The van der Waals surface area contributed by atoms with Crippen molar-refractivity contribution in [3.63, 3.8) is 0 Å². The second-order valence-electron chi connectivity index (χ2n) is 7.89. The van der Waals surface area contributed by atoms with E-state index in [1.807, 2.05) is 0 Å². The lowest BCUT2D eigenvalue weighted by Gasteiger charge is -2.41. The molecule has 2 aromatic carbocycles. The summed E-state index contributed by atoms with van der Waals surface area (Å²) in [7, 11) is 0. The van der Waals surface area contributed by atoms with Crippen molar-refractivity contribution in [3.05, 3.63) is 65.0 Å². The van der Waals surface area contributed by atoms with Gasteiger partial charge in [0.05, 0.1) is 0 Å². The topological polar surface area (TPSA) is 9.23 Å². The molecule has 0 spiro atoms. The first-order chi connectivity index (χ1) is 10.8. The second-order valence-corrected chi connectivity index (χ2v) is 7.89. The molecule has 0 saturated carbocycles. The Kier molecular flexibility index (Phi) is 3.95. The number of hydrogen-bond acceptors (Lipinski definition) is 1. The van der Waals surface area contributed by atoms with E-state index in [2.05, 4.69) is 45.9 Å². The Morgan fingerprint density at radius 2 is 1.48 bits per heavy atom. The Morgan fingerprint density at radius 3 is 2.13 bits per heavy atom. The van der Waals surface area contributed by atoms with Crippen molar-refractivity contribution >= 4 is 0 Å². The highest BCUT2D eigenvalue weighted by Gasteiger charge is 2.37. The van der Waals surface area contributed by atoms with Gasteiger partial charge in [-0.1, -0.05) is 45.9 Å². The van der Waals surface area contributed by atoms with Gasteiger partial charge in [-0.25, -0.2) is 4.39 Å². The van der Waals surface area contributed by atoms with Crippen molar-refractivity contribution in [2.75, 3.05) is 0 Å². The van der Waals surface area contributed by atoms with Crippen LogP contribution < -0.4 is 4.74 Å². The molecule has 0 radical (unpaired) electrons. The van der Waals surface area contributed by atoms with Gasteiger partial charge in [0, 0.05) is 0 Å². The molecule has 0 N–H and O–H groups in total. The summed E-state index contributed by atoms with van der Waals surface area (Å²) in [5, 5.41) is 0. The zero-order valence-electron chi connectivity index (χ0n) is 14.4. The highest BCUT2D eigenvalue weighted by molar-refractivity contribution is 5.45. The summed E-state index contributed by atoms with van der Waals surface area (Å²) in [5.74, 6) is 0.672. The third-order valence-corrected chi connectivity index (χ3v) is 5.14.